The number of thiophene rings is 1. The first-order valence-electron chi connectivity index (χ1n) is 7.92. The third-order valence-electron chi connectivity index (χ3n) is 4.12. The second-order valence-corrected chi connectivity index (χ2v) is 8.50. The van der Waals surface area contributed by atoms with Gasteiger partial charge in [0.1, 0.15) is 5.60 Å². The molecule has 0 saturated heterocycles. The van der Waals surface area contributed by atoms with Gasteiger partial charge in [0.25, 0.3) is 0 Å². The fourth-order valence-electron chi connectivity index (χ4n) is 3.22. The van der Waals surface area contributed by atoms with E-state index < -0.39 is 11.7 Å². The Morgan fingerprint density at radius 1 is 1.38 bits per heavy atom. The summed E-state index contributed by atoms with van der Waals surface area (Å²) in [4.78, 5) is 14.6. The van der Waals surface area contributed by atoms with E-state index in [0.717, 1.165) is 29.4 Å². The number of halogens is 1. The summed E-state index contributed by atoms with van der Waals surface area (Å²) in [5.74, 6) is 0. The van der Waals surface area contributed by atoms with E-state index in [4.69, 9.17) is 22.1 Å². The van der Waals surface area contributed by atoms with Gasteiger partial charge in [-0.3, -0.25) is 0 Å². The lowest BCUT2D eigenvalue weighted by Crippen LogP contribution is -2.33. The van der Waals surface area contributed by atoms with Gasteiger partial charge in [0.15, 0.2) is 0 Å². The summed E-state index contributed by atoms with van der Waals surface area (Å²) in [7, 11) is 0. The molecule has 0 spiro atoms. The molecule has 6 heteroatoms. The molecule has 3 rings (SSSR count). The summed E-state index contributed by atoms with van der Waals surface area (Å²) < 4.78 is 6.01. The molecule has 128 valence electrons. The first-order chi connectivity index (χ1) is 11.3. The molecule has 0 unspecified atom stereocenters. The van der Waals surface area contributed by atoms with Crippen LogP contribution in [0.4, 0.5) is 10.5 Å². The van der Waals surface area contributed by atoms with Crippen LogP contribution in [0.5, 0.6) is 0 Å². The van der Waals surface area contributed by atoms with E-state index >= 15 is 0 Å². The van der Waals surface area contributed by atoms with Gasteiger partial charge in [0.05, 0.1) is 10.9 Å². The summed E-state index contributed by atoms with van der Waals surface area (Å²) in [5.41, 5.74) is 8.30. The van der Waals surface area contributed by atoms with E-state index in [-0.39, 0.29) is 0 Å². The molecule has 24 heavy (non-hydrogen) atoms. The molecule has 2 heterocycles. The number of primary amides is 1. The summed E-state index contributed by atoms with van der Waals surface area (Å²) >= 11 is 7.65. The van der Waals surface area contributed by atoms with Gasteiger partial charge in [-0.25, -0.2) is 4.79 Å². The number of rotatable bonds is 5. The molecule has 1 aromatic heterocycles. The Bertz CT molecular complexity index is 757. The molecule has 1 aromatic carbocycles. The molecule has 2 aromatic rings. The number of nitrogens with zero attached hydrogens (tertiary/aromatic N) is 1. The van der Waals surface area contributed by atoms with Crippen molar-refractivity contribution in [3.05, 3.63) is 50.7 Å². The molecular weight excluding hydrogens is 344 g/mol. The highest BCUT2D eigenvalue weighted by Gasteiger charge is 2.25. The number of nitrogens with two attached hydrogens (primary N) is 1. The molecule has 2 N–H and O–H groups in total. The van der Waals surface area contributed by atoms with Crippen molar-refractivity contribution in [1.29, 1.82) is 0 Å². The molecule has 0 aliphatic carbocycles. The Morgan fingerprint density at radius 3 is 2.83 bits per heavy atom. The number of benzene rings is 1. The highest BCUT2D eigenvalue weighted by Crippen LogP contribution is 2.33. The molecule has 0 bridgehead atoms. The predicted octanol–water partition coefficient (Wildman–Crippen LogP) is 4.38. The van der Waals surface area contributed by atoms with Crippen molar-refractivity contribution in [1.82, 2.24) is 0 Å². The van der Waals surface area contributed by atoms with Gasteiger partial charge in [-0.2, -0.15) is 0 Å². The Kier molecular flexibility index (Phi) is 4.74. The zero-order valence-corrected chi connectivity index (χ0v) is 15.4. The fourth-order valence-corrected chi connectivity index (χ4v) is 4.33. The Hall–Kier alpha value is -1.72. The number of fused-ring (bicyclic) bond motifs is 1. The molecule has 0 radical (unpaired) electrons. The van der Waals surface area contributed by atoms with Gasteiger partial charge in [-0.15, -0.1) is 11.3 Å². The first kappa shape index (κ1) is 17.1. The van der Waals surface area contributed by atoms with Crippen LogP contribution in [0.15, 0.2) is 30.3 Å². The quantitative estimate of drug-likeness (QED) is 0.856. The van der Waals surface area contributed by atoms with Crippen LogP contribution in [0.1, 0.15) is 29.9 Å². The van der Waals surface area contributed by atoms with Crippen LogP contribution >= 0.6 is 22.9 Å². The average molecular weight is 365 g/mol. The maximum Gasteiger partial charge on any atom is 0.405 e. The highest BCUT2D eigenvalue weighted by atomic mass is 35.5. The largest absolute Gasteiger partial charge is 0.443 e. The third kappa shape index (κ3) is 4.02. The van der Waals surface area contributed by atoms with Crippen LogP contribution in [-0.4, -0.2) is 18.2 Å². The van der Waals surface area contributed by atoms with Gasteiger partial charge < -0.3 is 15.4 Å². The van der Waals surface area contributed by atoms with E-state index in [9.17, 15) is 4.79 Å². The Balaban J connectivity index is 1.72. The predicted molar refractivity (Wildman–Crippen MR) is 99.0 cm³/mol. The zero-order chi connectivity index (χ0) is 17.3. The van der Waals surface area contributed by atoms with Gasteiger partial charge in [0.2, 0.25) is 0 Å². The number of anilines is 1. The minimum Gasteiger partial charge on any atom is -0.443 e. The van der Waals surface area contributed by atoms with Crippen LogP contribution in [0, 0.1) is 0 Å². The van der Waals surface area contributed by atoms with Gasteiger partial charge >= 0.3 is 6.09 Å². The number of hydrogen-bond acceptors (Lipinski definition) is 4. The van der Waals surface area contributed by atoms with Crippen molar-refractivity contribution < 1.29 is 9.53 Å². The highest BCUT2D eigenvalue weighted by molar-refractivity contribution is 7.16. The number of amides is 1. The topological polar surface area (TPSA) is 55.6 Å². The van der Waals surface area contributed by atoms with Crippen LogP contribution < -0.4 is 10.6 Å². The Labute approximate surface area is 151 Å². The lowest BCUT2D eigenvalue weighted by Gasteiger charge is -2.24. The van der Waals surface area contributed by atoms with Crippen molar-refractivity contribution in [2.45, 2.75) is 38.8 Å². The minimum absolute atomic E-state index is 0.605. The van der Waals surface area contributed by atoms with E-state index in [1.807, 2.05) is 19.9 Å². The smallest absolute Gasteiger partial charge is 0.405 e. The minimum atomic E-state index is -0.734. The molecular formula is C18H21ClN2O2S. The molecule has 0 saturated carbocycles. The van der Waals surface area contributed by atoms with E-state index in [2.05, 4.69) is 29.2 Å². The van der Waals surface area contributed by atoms with Crippen molar-refractivity contribution in [3.8, 4) is 0 Å². The average Bonchev–Trinajstić information content (AvgIpc) is 3.04. The van der Waals surface area contributed by atoms with Crippen LogP contribution in [0.3, 0.4) is 0 Å². The van der Waals surface area contributed by atoms with E-state index in [1.54, 1.807) is 11.3 Å². The SMILES string of the molecule is CC(C)(Cc1ccc2c(c1)CCN2Cc1ccc(Cl)s1)OC(N)=O. The van der Waals surface area contributed by atoms with Crippen LogP contribution in [-0.2, 0) is 24.1 Å². The lowest BCUT2D eigenvalue weighted by molar-refractivity contribution is 0.0460. The van der Waals surface area contributed by atoms with E-state index in [0.29, 0.717) is 6.42 Å². The number of hydrogen-bond donors (Lipinski definition) is 1. The molecule has 1 amide bonds. The van der Waals surface area contributed by atoms with Crippen molar-refractivity contribution >= 4 is 34.7 Å². The van der Waals surface area contributed by atoms with Crippen molar-refractivity contribution in [3.63, 3.8) is 0 Å². The molecule has 1 aliphatic heterocycles. The third-order valence-corrected chi connectivity index (χ3v) is 5.33. The second kappa shape index (κ2) is 6.65. The van der Waals surface area contributed by atoms with E-state index in [1.165, 1.54) is 16.1 Å². The van der Waals surface area contributed by atoms with Gasteiger partial charge in [0, 0.05) is 23.5 Å². The maximum atomic E-state index is 11.0. The molecule has 0 atom stereocenters. The monoisotopic (exact) mass is 364 g/mol. The fraction of sp³-hybridized carbons (Fsp3) is 0.389. The normalized spacial score (nSPS) is 13.9. The summed E-state index contributed by atoms with van der Waals surface area (Å²) in [6, 6.07) is 10.5. The maximum absolute atomic E-state index is 11.0. The second-order valence-electron chi connectivity index (χ2n) is 6.70. The van der Waals surface area contributed by atoms with Crippen LogP contribution in [0.2, 0.25) is 4.34 Å². The molecule has 4 nitrogen and oxygen atoms in total. The number of carbonyl (C=O) groups excluding carboxylic acids is 1. The van der Waals surface area contributed by atoms with Crippen molar-refractivity contribution in [2.24, 2.45) is 5.73 Å². The van der Waals surface area contributed by atoms with Crippen LogP contribution in [0.25, 0.3) is 0 Å². The summed E-state index contributed by atoms with van der Waals surface area (Å²) in [5, 5.41) is 0. The Morgan fingerprint density at radius 2 is 2.17 bits per heavy atom. The lowest BCUT2D eigenvalue weighted by atomic mass is 9.96. The standard InChI is InChI=1S/C18H21ClN2O2S/c1-18(2,23-17(20)22)10-12-3-5-15-13(9-12)7-8-21(15)11-14-4-6-16(19)24-14/h3-6,9H,7-8,10-11H2,1-2H3,(H2,20,22). The summed E-state index contributed by atoms with van der Waals surface area (Å²) in [6.07, 6.45) is 0.935. The van der Waals surface area contributed by atoms with Crippen molar-refractivity contribution in [2.75, 3.05) is 11.4 Å². The number of ether oxygens (including phenoxy) is 1. The summed E-state index contributed by atoms with van der Waals surface area (Å²) in [6.45, 7) is 5.64. The van der Waals surface area contributed by atoms with Gasteiger partial charge in [-0.05, 0) is 49.6 Å². The number of carbonyl (C=O) groups is 1. The zero-order valence-electron chi connectivity index (χ0n) is 13.8. The molecule has 1 aliphatic rings. The first-order valence-corrected chi connectivity index (χ1v) is 9.11. The molecule has 0 fully saturated rings. The van der Waals surface area contributed by atoms with Gasteiger partial charge in [-0.1, -0.05) is 23.7 Å².